The van der Waals surface area contributed by atoms with E-state index < -0.39 is 6.61 Å². The highest BCUT2D eigenvalue weighted by Crippen LogP contribution is 2.41. The molecule has 1 aliphatic heterocycles. The second kappa shape index (κ2) is 8.34. The van der Waals surface area contributed by atoms with E-state index in [-0.39, 0.29) is 11.7 Å². The van der Waals surface area contributed by atoms with Crippen molar-refractivity contribution in [2.45, 2.75) is 36.5 Å². The van der Waals surface area contributed by atoms with Crippen molar-refractivity contribution in [1.82, 2.24) is 0 Å². The van der Waals surface area contributed by atoms with Crippen molar-refractivity contribution in [1.29, 1.82) is 0 Å². The molecule has 6 heteroatoms. The number of anilines is 1. The monoisotopic (exact) mass is 363 g/mol. The summed E-state index contributed by atoms with van der Waals surface area (Å²) in [5, 5.41) is 0. The molecule has 0 N–H and O–H groups in total. The summed E-state index contributed by atoms with van der Waals surface area (Å²) in [7, 11) is 0. The molecule has 0 radical (unpaired) electrons. The second-order valence-electron chi connectivity index (χ2n) is 5.76. The Morgan fingerprint density at radius 1 is 1.08 bits per heavy atom. The zero-order valence-corrected chi connectivity index (χ0v) is 14.5. The van der Waals surface area contributed by atoms with E-state index in [4.69, 9.17) is 4.74 Å². The van der Waals surface area contributed by atoms with Gasteiger partial charge in [-0.05, 0) is 30.5 Å². The second-order valence-corrected chi connectivity index (χ2v) is 6.78. The number of halogens is 2. The Morgan fingerprint density at radius 2 is 1.88 bits per heavy atom. The lowest BCUT2D eigenvalue weighted by Crippen LogP contribution is -2.35. The van der Waals surface area contributed by atoms with Crippen LogP contribution in [0, 0.1) is 0 Å². The zero-order chi connectivity index (χ0) is 17.6. The molecule has 0 saturated carbocycles. The van der Waals surface area contributed by atoms with E-state index in [1.807, 2.05) is 30.3 Å². The number of rotatable bonds is 6. The number of alkyl halides is 2. The summed E-state index contributed by atoms with van der Waals surface area (Å²) >= 11 is 1.43. The van der Waals surface area contributed by atoms with Crippen molar-refractivity contribution < 1.29 is 18.3 Å². The lowest BCUT2D eigenvalue weighted by atomic mass is 10.1. The Morgan fingerprint density at radius 3 is 2.60 bits per heavy atom. The fourth-order valence-electron chi connectivity index (χ4n) is 2.83. The van der Waals surface area contributed by atoms with E-state index in [0.717, 1.165) is 18.4 Å². The fourth-order valence-corrected chi connectivity index (χ4v) is 3.81. The summed E-state index contributed by atoms with van der Waals surface area (Å²) in [6.07, 6.45) is 2.14. The van der Waals surface area contributed by atoms with Gasteiger partial charge in [-0.3, -0.25) is 4.79 Å². The minimum absolute atomic E-state index is 0.0458. The zero-order valence-electron chi connectivity index (χ0n) is 13.7. The van der Waals surface area contributed by atoms with Crippen LogP contribution in [0.1, 0.15) is 24.8 Å². The molecule has 3 nitrogen and oxygen atoms in total. The number of carbonyl (C=O) groups excluding carboxylic acids is 1. The fraction of sp³-hybridized carbons (Fsp3) is 0.316. The Labute approximate surface area is 150 Å². The number of hydrogen-bond donors (Lipinski definition) is 0. The van der Waals surface area contributed by atoms with Crippen molar-refractivity contribution in [2.24, 2.45) is 0 Å². The Hall–Kier alpha value is -2.08. The van der Waals surface area contributed by atoms with Gasteiger partial charge in [0.15, 0.2) is 5.75 Å². The molecular formula is C19H19F2NO2S. The molecule has 0 bridgehead atoms. The Bertz CT molecular complexity index is 725. The highest BCUT2D eigenvalue weighted by Gasteiger charge is 2.25. The number of benzene rings is 2. The number of nitrogens with zero attached hydrogens (tertiary/aromatic N) is 1. The van der Waals surface area contributed by atoms with Gasteiger partial charge in [0.1, 0.15) is 0 Å². The van der Waals surface area contributed by atoms with E-state index in [1.165, 1.54) is 11.8 Å². The van der Waals surface area contributed by atoms with Crippen LogP contribution < -0.4 is 9.64 Å². The molecule has 0 unspecified atom stereocenters. The minimum atomic E-state index is -2.93. The van der Waals surface area contributed by atoms with Gasteiger partial charge in [0.25, 0.3) is 0 Å². The number of hydrogen-bond acceptors (Lipinski definition) is 3. The van der Waals surface area contributed by atoms with Gasteiger partial charge in [0.05, 0.1) is 10.6 Å². The molecule has 2 aromatic carbocycles. The number of ether oxygens (including phenoxy) is 1. The quantitative estimate of drug-likeness (QED) is 0.669. The first-order valence-corrected chi connectivity index (χ1v) is 9.18. The van der Waals surface area contributed by atoms with Crippen LogP contribution in [0.5, 0.6) is 5.75 Å². The summed E-state index contributed by atoms with van der Waals surface area (Å²) < 4.78 is 30.8. The number of piperidine rings is 1. The standard InChI is InChI=1S/C19H19F2NO2S/c20-19(21)24-18-15(22-12-5-4-11-17(22)23)9-6-10-16(18)25-13-14-7-2-1-3-8-14/h1-3,6-10,19H,4-5,11-13H2. The molecule has 1 saturated heterocycles. The van der Waals surface area contributed by atoms with Crippen LogP contribution >= 0.6 is 11.8 Å². The van der Waals surface area contributed by atoms with Crippen LogP contribution in [0.4, 0.5) is 14.5 Å². The third-order valence-corrected chi connectivity index (χ3v) is 5.13. The SMILES string of the molecule is O=C1CCCCN1c1cccc(SCc2ccccc2)c1OC(F)F. The smallest absolute Gasteiger partial charge is 0.387 e. The average Bonchev–Trinajstić information content (AvgIpc) is 2.62. The maximum Gasteiger partial charge on any atom is 0.387 e. The van der Waals surface area contributed by atoms with Gasteiger partial charge in [-0.2, -0.15) is 8.78 Å². The molecule has 0 aliphatic carbocycles. The highest BCUT2D eigenvalue weighted by molar-refractivity contribution is 7.98. The van der Waals surface area contributed by atoms with Crippen LogP contribution in [-0.2, 0) is 10.5 Å². The van der Waals surface area contributed by atoms with Crippen LogP contribution in [0.2, 0.25) is 0 Å². The predicted octanol–water partition coefficient (Wildman–Crippen LogP) is 5.10. The van der Waals surface area contributed by atoms with E-state index >= 15 is 0 Å². The van der Waals surface area contributed by atoms with E-state index in [1.54, 1.807) is 23.1 Å². The topological polar surface area (TPSA) is 29.5 Å². The van der Waals surface area contributed by atoms with Gasteiger partial charge < -0.3 is 9.64 Å². The van der Waals surface area contributed by atoms with Gasteiger partial charge >= 0.3 is 6.61 Å². The van der Waals surface area contributed by atoms with E-state index in [9.17, 15) is 13.6 Å². The molecule has 0 spiro atoms. The maximum atomic E-state index is 13.0. The van der Waals surface area contributed by atoms with Crippen LogP contribution in [0.3, 0.4) is 0 Å². The molecule has 0 aromatic heterocycles. The van der Waals surface area contributed by atoms with Crippen LogP contribution in [0.15, 0.2) is 53.4 Å². The number of para-hydroxylation sites is 1. The first-order chi connectivity index (χ1) is 12.1. The maximum absolute atomic E-state index is 13.0. The van der Waals surface area contributed by atoms with Gasteiger partial charge in [0.2, 0.25) is 5.91 Å². The molecule has 1 aliphatic rings. The molecule has 1 heterocycles. The third kappa shape index (κ3) is 4.51. The third-order valence-electron chi connectivity index (χ3n) is 4.02. The Kier molecular flexibility index (Phi) is 5.91. The highest BCUT2D eigenvalue weighted by atomic mass is 32.2. The first kappa shape index (κ1) is 17.7. The molecular weight excluding hydrogens is 344 g/mol. The molecule has 1 amide bonds. The van der Waals surface area contributed by atoms with Gasteiger partial charge in [0, 0.05) is 18.7 Å². The van der Waals surface area contributed by atoms with Crippen molar-refractivity contribution in [3.8, 4) is 5.75 Å². The summed E-state index contributed by atoms with van der Waals surface area (Å²) in [6.45, 7) is -2.40. The van der Waals surface area contributed by atoms with Crippen molar-refractivity contribution in [3.05, 3.63) is 54.1 Å². The largest absolute Gasteiger partial charge is 0.431 e. The normalized spacial score (nSPS) is 14.8. The summed E-state index contributed by atoms with van der Waals surface area (Å²) in [4.78, 5) is 14.4. The predicted molar refractivity (Wildman–Crippen MR) is 95.3 cm³/mol. The first-order valence-electron chi connectivity index (χ1n) is 8.20. The number of carbonyl (C=O) groups is 1. The van der Waals surface area contributed by atoms with E-state index in [2.05, 4.69) is 0 Å². The average molecular weight is 363 g/mol. The summed E-state index contributed by atoms with van der Waals surface area (Å²) in [5.74, 6) is 0.682. The van der Waals surface area contributed by atoms with Gasteiger partial charge in [-0.25, -0.2) is 0 Å². The Balaban J connectivity index is 1.88. The number of amides is 1. The van der Waals surface area contributed by atoms with Crippen LogP contribution in [0.25, 0.3) is 0 Å². The van der Waals surface area contributed by atoms with E-state index in [0.29, 0.717) is 29.3 Å². The lowest BCUT2D eigenvalue weighted by Gasteiger charge is -2.29. The molecule has 0 atom stereocenters. The molecule has 1 fully saturated rings. The van der Waals surface area contributed by atoms with Gasteiger partial charge in [-0.15, -0.1) is 11.8 Å². The minimum Gasteiger partial charge on any atom is -0.431 e. The lowest BCUT2D eigenvalue weighted by molar-refractivity contribution is -0.119. The van der Waals surface area contributed by atoms with Crippen molar-refractivity contribution >= 4 is 23.4 Å². The van der Waals surface area contributed by atoms with Crippen molar-refractivity contribution in [2.75, 3.05) is 11.4 Å². The number of thioether (sulfide) groups is 1. The van der Waals surface area contributed by atoms with Gasteiger partial charge in [-0.1, -0.05) is 36.4 Å². The summed E-state index contributed by atoms with van der Waals surface area (Å²) in [6, 6.07) is 15.0. The van der Waals surface area contributed by atoms with Crippen molar-refractivity contribution in [3.63, 3.8) is 0 Å². The molecule has 132 valence electrons. The summed E-state index contributed by atoms with van der Waals surface area (Å²) in [5.41, 5.74) is 1.53. The molecule has 3 rings (SSSR count). The molecule has 25 heavy (non-hydrogen) atoms. The molecule has 2 aromatic rings. The van der Waals surface area contributed by atoms with Crippen LogP contribution in [-0.4, -0.2) is 19.1 Å².